The number of nitrogens with one attached hydrogen (secondary N) is 2. The van der Waals surface area contributed by atoms with Gasteiger partial charge in [-0.2, -0.15) is 31.0 Å². The lowest BCUT2D eigenvalue weighted by Gasteiger charge is -2.15. The van der Waals surface area contributed by atoms with Crippen LogP contribution in [0.1, 0.15) is 19.3 Å². The van der Waals surface area contributed by atoms with Crippen molar-refractivity contribution in [3.63, 3.8) is 0 Å². The predicted molar refractivity (Wildman–Crippen MR) is 59.0 cm³/mol. The van der Waals surface area contributed by atoms with Crippen LogP contribution in [0.3, 0.4) is 0 Å². The molecule has 0 aromatic rings. The Morgan fingerprint density at radius 3 is 2.15 bits per heavy atom. The first-order chi connectivity index (χ1) is 8.93. The van der Waals surface area contributed by atoms with E-state index in [1.54, 1.807) is 0 Å². The molecule has 0 aromatic heterocycles. The summed E-state index contributed by atoms with van der Waals surface area (Å²) in [4.78, 5) is 21.0. The summed E-state index contributed by atoms with van der Waals surface area (Å²) in [6.45, 7) is -1.84. The first-order valence-corrected chi connectivity index (χ1v) is 6.69. The normalized spacial score (nSPS) is 13.9. The molecule has 0 rings (SSSR count). The largest absolute Gasteiger partial charge is 0.481 e. The number of hydrogen-bond donors (Lipinski definition) is 4. The number of halogens is 3. The molecule has 0 bridgehead atoms. The molecular weight excluding hydrogens is 309 g/mol. The van der Waals surface area contributed by atoms with Crippen LogP contribution in [0.25, 0.3) is 0 Å². The second kappa shape index (κ2) is 7.40. The highest BCUT2D eigenvalue weighted by atomic mass is 32.2. The quantitative estimate of drug-likeness (QED) is 0.460. The second-order valence-electron chi connectivity index (χ2n) is 3.73. The van der Waals surface area contributed by atoms with Gasteiger partial charge in [0.1, 0.15) is 12.6 Å². The molecule has 4 N–H and O–H groups in total. The maximum absolute atomic E-state index is 11.8. The van der Waals surface area contributed by atoms with E-state index in [-0.39, 0.29) is 19.3 Å². The molecule has 20 heavy (non-hydrogen) atoms. The van der Waals surface area contributed by atoms with Gasteiger partial charge in [0, 0.05) is 6.42 Å². The maximum Gasteiger partial charge on any atom is 0.402 e. The van der Waals surface area contributed by atoms with Gasteiger partial charge in [0.05, 0.1) is 0 Å². The van der Waals surface area contributed by atoms with E-state index in [0.717, 1.165) is 4.72 Å². The minimum Gasteiger partial charge on any atom is -0.481 e. The average Bonchev–Trinajstić information content (AvgIpc) is 2.23. The second-order valence-corrected chi connectivity index (χ2v) is 5.27. The monoisotopic (exact) mass is 322 g/mol. The molecule has 0 aliphatic rings. The number of hydrogen-bond acceptors (Lipinski definition) is 4. The zero-order valence-electron chi connectivity index (χ0n) is 9.98. The summed E-state index contributed by atoms with van der Waals surface area (Å²) >= 11 is 0. The summed E-state index contributed by atoms with van der Waals surface area (Å²) in [6.07, 6.45) is -5.68. The Morgan fingerprint density at radius 1 is 1.20 bits per heavy atom. The Kier molecular flexibility index (Phi) is 6.88. The highest BCUT2D eigenvalue weighted by molar-refractivity contribution is 7.87. The van der Waals surface area contributed by atoms with Crippen molar-refractivity contribution >= 4 is 22.1 Å². The highest BCUT2D eigenvalue weighted by Crippen LogP contribution is 2.12. The van der Waals surface area contributed by atoms with E-state index in [9.17, 15) is 31.2 Å². The number of rotatable bonds is 9. The molecule has 0 unspecified atom stereocenters. The molecule has 0 heterocycles. The van der Waals surface area contributed by atoms with Gasteiger partial charge in [-0.1, -0.05) is 0 Å². The van der Waals surface area contributed by atoms with Crippen molar-refractivity contribution in [3.8, 4) is 0 Å². The standard InChI is InChI=1S/C8H13F3N2O6S/c9-8(10,11)4-12-20(18,19)13-5(7(16)17)2-1-3-6(14)15/h5,12-13H,1-4H2,(H,14,15)(H,16,17)/t5-/m1/s1. The van der Waals surface area contributed by atoms with E-state index in [0.29, 0.717) is 0 Å². The number of alkyl halides is 3. The van der Waals surface area contributed by atoms with Gasteiger partial charge in [-0.15, -0.1) is 0 Å². The zero-order valence-corrected chi connectivity index (χ0v) is 10.8. The summed E-state index contributed by atoms with van der Waals surface area (Å²) in [7, 11) is -4.66. The third-order valence-electron chi connectivity index (χ3n) is 1.94. The lowest BCUT2D eigenvalue weighted by atomic mass is 10.1. The smallest absolute Gasteiger partial charge is 0.402 e. The number of carbonyl (C=O) groups is 2. The third-order valence-corrected chi connectivity index (χ3v) is 3.06. The fourth-order valence-electron chi connectivity index (χ4n) is 1.10. The number of carboxylic acid groups (broad SMARTS) is 2. The lowest BCUT2D eigenvalue weighted by molar-refractivity contribution is -0.140. The summed E-state index contributed by atoms with van der Waals surface area (Å²) < 4.78 is 60.5. The van der Waals surface area contributed by atoms with Crippen LogP contribution < -0.4 is 9.44 Å². The van der Waals surface area contributed by atoms with Crippen LogP contribution in [-0.2, 0) is 19.8 Å². The first-order valence-electron chi connectivity index (χ1n) is 5.21. The van der Waals surface area contributed by atoms with Gasteiger partial charge < -0.3 is 10.2 Å². The fourth-order valence-corrected chi connectivity index (χ4v) is 2.13. The first kappa shape index (κ1) is 18.6. The Hall–Kier alpha value is -1.40. The van der Waals surface area contributed by atoms with Crippen LogP contribution in [0.4, 0.5) is 13.2 Å². The van der Waals surface area contributed by atoms with Crippen molar-refractivity contribution in [1.82, 2.24) is 9.44 Å². The van der Waals surface area contributed by atoms with Gasteiger partial charge >= 0.3 is 18.1 Å². The maximum atomic E-state index is 11.8. The van der Waals surface area contributed by atoms with Crippen molar-refractivity contribution in [2.75, 3.05) is 6.54 Å². The van der Waals surface area contributed by atoms with Crippen LogP contribution in [0.5, 0.6) is 0 Å². The average molecular weight is 322 g/mol. The summed E-state index contributed by atoms with van der Waals surface area (Å²) in [5.74, 6) is -2.82. The van der Waals surface area contributed by atoms with Gasteiger partial charge in [0.25, 0.3) is 10.2 Å². The molecule has 0 saturated heterocycles. The SMILES string of the molecule is O=C(O)CCC[C@@H](NS(=O)(=O)NCC(F)(F)F)C(=O)O. The number of aliphatic carboxylic acids is 2. The van der Waals surface area contributed by atoms with Crippen molar-refractivity contribution in [3.05, 3.63) is 0 Å². The molecule has 0 aromatic carbocycles. The van der Waals surface area contributed by atoms with Crippen LogP contribution >= 0.6 is 0 Å². The van der Waals surface area contributed by atoms with Gasteiger partial charge in [-0.05, 0) is 12.8 Å². The molecule has 0 saturated carbocycles. The van der Waals surface area contributed by atoms with Crippen LogP contribution in [0.15, 0.2) is 0 Å². The molecule has 12 heteroatoms. The summed E-state index contributed by atoms with van der Waals surface area (Å²) in [6, 6.07) is -1.71. The molecule has 8 nitrogen and oxygen atoms in total. The van der Waals surface area contributed by atoms with Gasteiger partial charge in [-0.3, -0.25) is 9.59 Å². The van der Waals surface area contributed by atoms with E-state index in [4.69, 9.17) is 10.2 Å². The Labute approximate surface area is 112 Å². The van der Waals surface area contributed by atoms with E-state index in [1.807, 2.05) is 0 Å². The number of carboxylic acids is 2. The van der Waals surface area contributed by atoms with Gasteiger partial charge in [0.2, 0.25) is 0 Å². The molecule has 0 radical (unpaired) electrons. The molecular formula is C8H13F3N2O6S. The molecule has 0 amide bonds. The van der Waals surface area contributed by atoms with Crippen molar-refractivity contribution in [2.24, 2.45) is 0 Å². The Bertz CT molecular complexity index is 450. The van der Waals surface area contributed by atoms with E-state index in [1.165, 1.54) is 4.72 Å². The summed E-state index contributed by atoms with van der Waals surface area (Å²) in [5.41, 5.74) is 0. The van der Waals surface area contributed by atoms with Gasteiger partial charge in [-0.25, -0.2) is 0 Å². The highest BCUT2D eigenvalue weighted by Gasteiger charge is 2.31. The topological polar surface area (TPSA) is 133 Å². The minimum absolute atomic E-state index is 0.145. The molecule has 118 valence electrons. The molecule has 1 atom stereocenters. The van der Waals surface area contributed by atoms with Crippen LogP contribution in [-0.4, -0.2) is 49.3 Å². The predicted octanol–water partition coefficient (Wildman–Crippen LogP) is -0.319. The lowest BCUT2D eigenvalue weighted by Crippen LogP contribution is -2.48. The summed E-state index contributed by atoms with van der Waals surface area (Å²) in [5, 5.41) is 17.1. The zero-order chi connectivity index (χ0) is 16.0. The van der Waals surface area contributed by atoms with Crippen molar-refractivity contribution in [1.29, 1.82) is 0 Å². The fraction of sp³-hybridized carbons (Fsp3) is 0.750. The third kappa shape index (κ3) is 9.52. The van der Waals surface area contributed by atoms with Crippen molar-refractivity contribution < 1.29 is 41.4 Å². The van der Waals surface area contributed by atoms with E-state index < -0.39 is 40.9 Å². The Morgan fingerprint density at radius 2 is 1.75 bits per heavy atom. The minimum atomic E-state index is -4.78. The molecule has 0 fully saturated rings. The van der Waals surface area contributed by atoms with E-state index in [2.05, 4.69) is 0 Å². The molecule has 0 aliphatic carbocycles. The van der Waals surface area contributed by atoms with E-state index >= 15 is 0 Å². The van der Waals surface area contributed by atoms with Gasteiger partial charge in [0.15, 0.2) is 0 Å². The van der Waals surface area contributed by atoms with Crippen molar-refractivity contribution in [2.45, 2.75) is 31.5 Å². The molecule has 0 aliphatic heterocycles. The van der Waals surface area contributed by atoms with Crippen LogP contribution in [0, 0.1) is 0 Å². The molecule has 0 spiro atoms. The Balaban J connectivity index is 4.50. The van der Waals surface area contributed by atoms with Crippen LogP contribution in [0.2, 0.25) is 0 Å².